The first kappa shape index (κ1) is 43.5. The summed E-state index contributed by atoms with van der Waals surface area (Å²) in [4.78, 5) is 33.2. The van der Waals surface area contributed by atoms with Gasteiger partial charge in [-0.3, -0.25) is 9.98 Å². The summed E-state index contributed by atoms with van der Waals surface area (Å²) in [6.45, 7) is 5.36. The first-order valence-corrected chi connectivity index (χ1v) is 10.2. The van der Waals surface area contributed by atoms with E-state index in [1.54, 1.807) is 36.4 Å². The molecule has 224 valence electrons. The molecule has 0 saturated heterocycles. The van der Waals surface area contributed by atoms with Crippen molar-refractivity contribution in [1.29, 1.82) is 0 Å². The quantitative estimate of drug-likeness (QED) is 0.115. The molecule has 2 rings (SSSR count). The topological polar surface area (TPSA) is 288 Å². The fourth-order valence-electron chi connectivity index (χ4n) is 2.25. The molecule has 0 N–H and O–H groups in total. The molecule has 0 bridgehead atoms. The van der Waals surface area contributed by atoms with Gasteiger partial charge in [-0.05, 0) is 37.1 Å². The van der Waals surface area contributed by atoms with E-state index in [2.05, 4.69) is 9.98 Å². The van der Waals surface area contributed by atoms with Gasteiger partial charge < -0.3 is 65.7 Å². The number of nitrogens with zero attached hydrogens (tertiary/aromatic N) is 5. The SMILES string of the molecule is CCOc1cccc(C=NCCN=Cc2cccc(OCC)c2[O-])c1[O-].O=[N+]([O-])[O-].O=[N+]([O-])[O-].O=[N+]([O-])[O-].[Cu+2].[Gd+3]. The second kappa shape index (κ2) is 27.0. The molecule has 18 nitrogen and oxygen atoms in total. The van der Waals surface area contributed by atoms with Gasteiger partial charge >= 0.3 is 57.0 Å². The first-order valence-electron chi connectivity index (χ1n) is 10.2. The Morgan fingerprint density at radius 2 is 0.950 bits per heavy atom. The van der Waals surface area contributed by atoms with Crippen LogP contribution >= 0.6 is 0 Å². The molecule has 0 aliphatic carbocycles. The van der Waals surface area contributed by atoms with Gasteiger partial charge in [-0.2, -0.15) is 0 Å². The molecule has 0 spiro atoms. The Balaban J connectivity index is -0.000000392. The predicted molar refractivity (Wildman–Crippen MR) is 130 cm³/mol. The monoisotopic (exact) mass is 761 g/mol. The van der Waals surface area contributed by atoms with Crippen LogP contribution in [0.15, 0.2) is 46.4 Å². The summed E-state index contributed by atoms with van der Waals surface area (Å²) < 4.78 is 10.5. The molecule has 0 fully saturated rings. The number of para-hydroxylation sites is 2. The maximum atomic E-state index is 12.1. The van der Waals surface area contributed by atoms with Gasteiger partial charge in [-0.1, -0.05) is 35.8 Å². The van der Waals surface area contributed by atoms with Gasteiger partial charge in [0.25, 0.3) is 0 Å². The first-order chi connectivity index (χ1) is 17.9. The van der Waals surface area contributed by atoms with E-state index in [0.717, 1.165) is 0 Å². The second-order valence-corrected chi connectivity index (χ2v) is 5.96. The van der Waals surface area contributed by atoms with Gasteiger partial charge in [-0.15, -0.1) is 0 Å². The number of benzene rings is 2. The predicted octanol–water partition coefficient (Wildman–Crippen LogP) is 1.45. The van der Waals surface area contributed by atoms with Crippen molar-refractivity contribution in [3.05, 3.63) is 93.5 Å². The zero-order valence-corrected chi connectivity index (χ0v) is 23.9. The van der Waals surface area contributed by atoms with E-state index in [4.69, 9.17) is 55.4 Å². The van der Waals surface area contributed by atoms with E-state index in [-0.39, 0.29) is 68.5 Å². The standard InChI is InChI=1S/C20H24N2O4.Cu.Gd.3NO3/c1-3-25-17-9-5-7-15(19(17)23)13-21-11-12-22-14-16-8-6-10-18(20(16)24)26-4-2;;;3*2-1(3)4/h5-10,13-14,23-24H,3-4,11-12H2,1-2H3;;;;;/q;+2;+3;3*-1/p-2. The Kier molecular flexibility index (Phi) is 29.4. The van der Waals surface area contributed by atoms with Gasteiger partial charge in [0.05, 0.1) is 41.6 Å². The summed E-state index contributed by atoms with van der Waals surface area (Å²) in [5.74, 6) is 0.300. The van der Waals surface area contributed by atoms with Crippen LogP contribution in [0.3, 0.4) is 0 Å². The molecule has 0 aliphatic heterocycles. The smallest absolute Gasteiger partial charge is 0.870 e. The van der Waals surface area contributed by atoms with E-state index in [9.17, 15) is 10.2 Å². The minimum absolute atomic E-state index is 0. The Morgan fingerprint density at radius 1 is 0.675 bits per heavy atom. The van der Waals surface area contributed by atoms with Crippen LogP contribution in [0.5, 0.6) is 23.0 Å². The van der Waals surface area contributed by atoms with Crippen LogP contribution in [0.25, 0.3) is 0 Å². The number of ether oxygens (including phenoxy) is 2. The van der Waals surface area contributed by atoms with Crippen LogP contribution in [-0.4, -0.2) is 54.0 Å². The minimum Gasteiger partial charge on any atom is -0.870 e. The van der Waals surface area contributed by atoms with Crippen molar-refractivity contribution in [2.45, 2.75) is 13.8 Å². The summed E-state index contributed by atoms with van der Waals surface area (Å²) in [6.07, 6.45) is 3.05. The van der Waals surface area contributed by atoms with Gasteiger partial charge in [0.2, 0.25) is 0 Å². The summed E-state index contributed by atoms with van der Waals surface area (Å²) in [6, 6.07) is 10.2. The summed E-state index contributed by atoms with van der Waals surface area (Å²) in [5, 5.41) is 68.4. The van der Waals surface area contributed by atoms with Crippen LogP contribution in [0.4, 0.5) is 0 Å². The van der Waals surface area contributed by atoms with Crippen molar-refractivity contribution >= 4 is 12.4 Å². The molecular weight excluding hydrogens is 739 g/mol. The third kappa shape index (κ3) is 24.7. The van der Waals surface area contributed by atoms with Crippen LogP contribution < -0.4 is 19.7 Å². The fourth-order valence-corrected chi connectivity index (χ4v) is 2.25. The van der Waals surface area contributed by atoms with Gasteiger partial charge in [0.1, 0.15) is 11.5 Å². The molecule has 0 aromatic heterocycles. The third-order valence-electron chi connectivity index (χ3n) is 3.44. The Hall–Kier alpha value is -3.58. The largest absolute Gasteiger partial charge is 3.00 e. The maximum Gasteiger partial charge on any atom is 3.00 e. The molecule has 0 saturated carbocycles. The van der Waals surface area contributed by atoms with Crippen molar-refractivity contribution < 1.29 is 92.0 Å². The maximum absolute atomic E-state index is 12.1. The van der Waals surface area contributed by atoms with Gasteiger partial charge in [-0.25, -0.2) is 0 Å². The van der Waals surface area contributed by atoms with E-state index < -0.39 is 15.3 Å². The molecule has 2 aromatic carbocycles. The number of hydrogen-bond donors (Lipinski definition) is 0. The Bertz CT molecular complexity index is 971. The molecule has 0 atom stereocenters. The normalized spacial score (nSPS) is 9.15. The molecule has 0 heterocycles. The van der Waals surface area contributed by atoms with Crippen molar-refractivity contribution in [2.24, 2.45) is 9.98 Å². The molecule has 0 amide bonds. The Labute approximate surface area is 269 Å². The zero-order chi connectivity index (χ0) is 29.5. The van der Waals surface area contributed by atoms with E-state index >= 15 is 0 Å². The average molecular weight is 761 g/mol. The van der Waals surface area contributed by atoms with Crippen LogP contribution in [0.1, 0.15) is 25.0 Å². The van der Waals surface area contributed by atoms with Crippen molar-refractivity contribution in [3.8, 4) is 23.0 Å². The number of aliphatic imine (C=N–C) groups is 2. The van der Waals surface area contributed by atoms with Crippen LogP contribution in [0, 0.1) is 85.9 Å². The number of hydrogen-bond acceptors (Lipinski definition) is 15. The Morgan fingerprint density at radius 3 is 1.20 bits per heavy atom. The van der Waals surface area contributed by atoms with Gasteiger partial charge in [0.15, 0.2) is 0 Å². The van der Waals surface area contributed by atoms with Crippen molar-refractivity contribution in [3.63, 3.8) is 0 Å². The molecule has 2 radical (unpaired) electrons. The fraction of sp³-hybridized carbons (Fsp3) is 0.300. The van der Waals surface area contributed by atoms with E-state index in [1.807, 2.05) is 13.8 Å². The summed E-state index contributed by atoms with van der Waals surface area (Å²) >= 11 is 0. The van der Waals surface area contributed by atoms with Crippen molar-refractivity contribution in [1.82, 2.24) is 0 Å². The summed E-state index contributed by atoms with van der Waals surface area (Å²) in [5.41, 5.74) is 0.956. The van der Waals surface area contributed by atoms with Crippen LogP contribution in [-0.2, 0) is 17.1 Å². The molecule has 0 aliphatic rings. The third-order valence-corrected chi connectivity index (χ3v) is 3.44. The molecule has 40 heavy (non-hydrogen) atoms. The van der Waals surface area contributed by atoms with E-state index in [0.29, 0.717) is 48.9 Å². The minimum atomic E-state index is -1.75. The zero-order valence-electron chi connectivity index (χ0n) is 20.6. The molecule has 0 unspecified atom stereocenters. The molecular formula is C20H22CuGdN5O13. The van der Waals surface area contributed by atoms with E-state index in [1.165, 1.54) is 12.4 Å². The van der Waals surface area contributed by atoms with Crippen LogP contribution in [0.2, 0.25) is 0 Å². The number of rotatable bonds is 9. The van der Waals surface area contributed by atoms with Gasteiger partial charge in [0, 0.05) is 12.4 Å². The molecule has 20 heteroatoms. The average Bonchev–Trinajstić information content (AvgIpc) is 2.80. The van der Waals surface area contributed by atoms with Crippen molar-refractivity contribution in [2.75, 3.05) is 26.3 Å². The second-order valence-electron chi connectivity index (χ2n) is 5.96. The molecule has 2 aromatic rings. The summed E-state index contributed by atoms with van der Waals surface area (Å²) in [7, 11) is 0.